The number of rotatable bonds is 3. The number of benzene rings is 1. The van der Waals surface area contributed by atoms with Crippen LogP contribution in [-0.4, -0.2) is 26.6 Å². The van der Waals surface area contributed by atoms with Gasteiger partial charge in [0.05, 0.1) is 5.56 Å². The van der Waals surface area contributed by atoms with Crippen molar-refractivity contribution < 1.29 is 0 Å². The van der Waals surface area contributed by atoms with E-state index in [9.17, 15) is 0 Å². The Labute approximate surface area is 171 Å². The van der Waals surface area contributed by atoms with Crippen molar-refractivity contribution in [2.24, 2.45) is 0 Å². The molecule has 0 saturated carbocycles. The number of hydrogen-bond acceptors (Lipinski definition) is 5. The lowest BCUT2D eigenvalue weighted by atomic mass is 10.1. The maximum absolute atomic E-state index is 6.18. The number of anilines is 1. The molecule has 0 fully saturated rings. The molecule has 0 radical (unpaired) electrons. The van der Waals surface area contributed by atoms with Crippen LogP contribution in [0.1, 0.15) is 23.6 Å². The Morgan fingerprint density at radius 3 is 2.93 bits per heavy atom. The molecule has 5 rings (SSSR count). The van der Waals surface area contributed by atoms with Crippen molar-refractivity contribution in [2.75, 3.05) is 12.8 Å². The van der Waals surface area contributed by atoms with Gasteiger partial charge in [0.1, 0.15) is 11.3 Å². The number of hydrogen-bond donors (Lipinski definition) is 2. The van der Waals surface area contributed by atoms with Gasteiger partial charge in [-0.2, -0.15) is 0 Å². The summed E-state index contributed by atoms with van der Waals surface area (Å²) in [7, 11) is 2.02. The van der Waals surface area contributed by atoms with E-state index in [1.165, 1.54) is 11.1 Å². The second kappa shape index (κ2) is 6.68. The Bertz CT molecular complexity index is 1200. The first-order chi connectivity index (χ1) is 13.7. The first-order valence-electron chi connectivity index (χ1n) is 9.21. The molecule has 0 spiro atoms. The Morgan fingerprint density at radius 2 is 2.11 bits per heavy atom. The molecule has 1 atom stereocenters. The predicted molar refractivity (Wildman–Crippen MR) is 114 cm³/mol. The predicted octanol–water partition coefficient (Wildman–Crippen LogP) is 4.03. The zero-order chi connectivity index (χ0) is 19.3. The summed E-state index contributed by atoms with van der Waals surface area (Å²) >= 11 is 3.49. The van der Waals surface area contributed by atoms with Crippen LogP contribution < -0.4 is 11.1 Å². The van der Waals surface area contributed by atoms with Crippen LogP contribution in [0, 0.1) is 0 Å². The van der Waals surface area contributed by atoms with Gasteiger partial charge in [0.15, 0.2) is 11.5 Å². The summed E-state index contributed by atoms with van der Waals surface area (Å²) in [5.41, 5.74) is 12.3. The van der Waals surface area contributed by atoms with Crippen LogP contribution >= 0.6 is 15.9 Å². The average molecular weight is 435 g/mol. The van der Waals surface area contributed by atoms with Crippen molar-refractivity contribution in [3.63, 3.8) is 0 Å². The molecule has 3 heterocycles. The molecule has 1 aliphatic rings. The SMILES string of the molecule is CNC1CCc2cc(-n3c(-c4cccnc4N)nc4cc(Br)cnc43)ccc21. The van der Waals surface area contributed by atoms with Crippen LogP contribution in [0.2, 0.25) is 0 Å². The summed E-state index contributed by atoms with van der Waals surface area (Å²) in [6, 6.07) is 12.8. The van der Waals surface area contributed by atoms with E-state index in [4.69, 9.17) is 10.7 Å². The number of imidazole rings is 1. The molecule has 1 aliphatic carbocycles. The number of nitrogens with one attached hydrogen (secondary N) is 1. The molecular formula is C21H19BrN6. The molecule has 7 heteroatoms. The highest BCUT2D eigenvalue weighted by atomic mass is 79.9. The fraction of sp³-hybridized carbons (Fsp3) is 0.190. The van der Waals surface area contributed by atoms with Crippen molar-refractivity contribution in [2.45, 2.75) is 18.9 Å². The second-order valence-corrected chi connectivity index (χ2v) is 7.88. The van der Waals surface area contributed by atoms with E-state index >= 15 is 0 Å². The van der Waals surface area contributed by atoms with E-state index in [1.807, 2.05) is 25.2 Å². The van der Waals surface area contributed by atoms with Crippen LogP contribution in [0.3, 0.4) is 0 Å². The van der Waals surface area contributed by atoms with Gasteiger partial charge in [0, 0.05) is 28.6 Å². The van der Waals surface area contributed by atoms with Crippen molar-refractivity contribution in [3.05, 3.63) is 64.4 Å². The first-order valence-corrected chi connectivity index (χ1v) is 10.0. The molecule has 0 amide bonds. The van der Waals surface area contributed by atoms with Gasteiger partial charge in [-0.3, -0.25) is 4.57 Å². The molecule has 1 unspecified atom stereocenters. The maximum Gasteiger partial charge on any atom is 0.165 e. The summed E-state index contributed by atoms with van der Waals surface area (Å²) < 4.78 is 2.96. The molecule has 1 aromatic carbocycles. The third-order valence-electron chi connectivity index (χ3n) is 5.35. The standard InChI is InChI=1S/C21H19BrN6/c1-24-17-7-4-12-9-14(5-6-15(12)17)28-20(16-3-2-8-25-19(16)23)27-18-10-13(22)11-26-21(18)28/h2-3,5-6,8-11,17,24H,4,7H2,1H3,(H2,23,25). The summed E-state index contributed by atoms with van der Waals surface area (Å²) in [5.74, 6) is 1.20. The fourth-order valence-corrected chi connectivity index (χ4v) is 4.33. The molecule has 6 nitrogen and oxygen atoms in total. The van der Waals surface area contributed by atoms with E-state index in [1.54, 1.807) is 12.4 Å². The number of aromatic nitrogens is 4. The Morgan fingerprint density at radius 1 is 1.21 bits per heavy atom. The van der Waals surface area contributed by atoms with Crippen LogP contribution in [0.15, 0.2) is 53.3 Å². The molecule has 4 aromatic rings. The first kappa shape index (κ1) is 17.3. The molecule has 3 aromatic heterocycles. The largest absolute Gasteiger partial charge is 0.383 e. The zero-order valence-electron chi connectivity index (χ0n) is 15.4. The number of nitrogens with two attached hydrogens (primary N) is 1. The van der Waals surface area contributed by atoms with Crippen molar-refractivity contribution in [3.8, 4) is 17.1 Å². The maximum atomic E-state index is 6.18. The van der Waals surface area contributed by atoms with Crippen molar-refractivity contribution in [1.29, 1.82) is 0 Å². The molecule has 3 N–H and O–H groups in total. The normalized spacial score (nSPS) is 15.9. The van der Waals surface area contributed by atoms with E-state index < -0.39 is 0 Å². The third kappa shape index (κ3) is 2.70. The fourth-order valence-electron chi connectivity index (χ4n) is 4.02. The smallest absolute Gasteiger partial charge is 0.165 e. The van der Waals surface area contributed by atoms with Crippen LogP contribution in [0.25, 0.3) is 28.2 Å². The molecule has 0 saturated heterocycles. The lowest BCUT2D eigenvalue weighted by molar-refractivity contribution is 0.590. The summed E-state index contributed by atoms with van der Waals surface area (Å²) in [4.78, 5) is 13.7. The third-order valence-corrected chi connectivity index (χ3v) is 5.79. The lowest BCUT2D eigenvalue weighted by Crippen LogP contribution is -2.12. The molecule has 28 heavy (non-hydrogen) atoms. The highest BCUT2D eigenvalue weighted by Gasteiger charge is 2.23. The van der Waals surface area contributed by atoms with Gasteiger partial charge in [-0.05, 0) is 77.3 Å². The average Bonchev–Trinajstić information content (AvgIpc) is 3.28. The minimum absolute atomic E-state index is 0.422. The number of fused-ring (bicyclic) bond motifs is 2. The summed E-state index contributed by atoms with van der Waals surface area (Å²) in [6.45, 7) is 0. The van der Waals surface area contributed by atoms with Gasteiger partial charge in [-0.15, -0.1) is 0 Å². The van der Waals surface area contributed by atoms with E-state index in [2.05, 4.69) is 54.0 Å². The highest BCUT2D eigenvalue weighted by molar-refractivity contribution is 9.10. The summed E-state index contributed by atoms with van der Waals surface area (Å²) in [5, 5.41) is 3.39. The van der Waals surface area contributed by atoms with Crippen LogP contribution in [-0.2, 0) is 6.42 Å². The number of aryl methyl sites for hydroxylation is 1. The van der Waals surface area contributed by atoms with Gasteiger partial charge in [0.2, 0.25) is 0 Å². The van der Waals surface area contributed by atoms with Gasteiger partial charge in [0.25, 0.3) is 0 Å². The van der Waals surface area contributed by atoms with Gasteiger partial charge in [-0.25, -0.2) is 15.0 Å². The van der Waals surface area contributed by atoms with Crippen LogP contribution in [0.4, 0.5) is 5.82 Å². The quantitative estimate of drug-likeness (QED) is 0.508. The Kier molecular flexibility index (Phi) is 4.14. The summed E-state index contributed by atoms with van der Waals surface area (Å²) in [6.07, 6.45) is 5.66. The molecule has 0 bridgehead atoms. The monoisotopic (exact) mass is 434 g/mol. The van der Waals surface area contributed by atoms with E-state index in [0.717, 1.165) is 45.6 Å². The Balaban J connectivity index is 1.77. The molecular weight excluding hydrogens is 416 g/mol. The van der Waals surface area contributed by atoms with Crippen molar-refractivity contribution >= 4 is 32.9 Å². The number of halogens is 1. The zero-order valence-corrected chi connectivity index (χ0v) is 16.9. The number of pyridine rings is 2. The second-order valence-electron chi connectivity index (χ2n) is 6.97. The molecule has 0 aliphatic heterocycles. The minimum atomic E-state index is 0.422. The van der Waals surface area contributed by atoms with E-state index in [0.29, 0.717) is 11.9 Å². The number of nitrogen functional groups attached to an aromatic ring is 1. The van der Waals surface area contributed by atoms with E-state index in [-0.39, 0.29) is 0 Å². The van der Waals surface area contributed by atoms with Gasteiger partial charge >= 0.3 is 0 Å². The number of nitrogens with zero attached hydrogens (tertiary/aromatic N) is 4. The topological polar surface area (TPSA) is 81.7 Å². The van der Waals surface area contributed by atoms with Crippen LogP contribution in [0.5, 0.6) is 0 Å². The minimum Gasteiger partial charge on any atom is -0.383 e. The lowest BCUT2D eigenvalue weighted by Gasteiger charge is -2.13. The highest BCUT2D eigenvalue weighted by Crippen LogP contribution is 2.35. The van der Waals surface area contributed by atoms with Crippen molar-refractivity contribution in [1.82, 2.24) is 24.8 Å². The Hall–Kier alpha value is -2.77. The molecule has 140 valence electrons. The van der Waals surface area contributed by atoms with Gasteiger partial charge in [-0.1, -0.05) is 6.07 Å². The van der Waals surface area contributed by atoms with Gasteiger partial charge < -0.3 is 11.1 Å².